The summed E-state index contributed by atoms with van der Waals surface area (Å²) < 4.78 is 22.9. The molecule has 110 valence electrons. The minimum Gasteiger partial charge on any atom is -0.350 e. The van der Waals surface area contributed by atoms with Crippen LogP contribution in [0.5, 0.6) is 0 Å². The Balaban J connectivity index is 1.83. The minimum absolute atomic E-state index is 0.0232. The quantitative estimate of drug-likeness (QED) is 0.833. The maximum atomic E-state index is 11.8. The molecule has 7 heteroatoms. The number of amides is 1. The smallest absolute Gasteiger partial charge is 0.220 e. The van der Waals surface area contributed by atoms with Crippen molar-refractivity contribution in [2.45, 2.75) is 31.7 Å². The fraction of sp³-hybridized carbons (Fsp3) is 0.538. The number of carbonyl (C=O) groups is 2. The van der Waals surface area contributed by atoms with Crippen molar-refractivity contribution in [2.24, 2.45) is 0 Å². The zero-order valence-electron chi connectivity index (χ0n) is 11.2. The van der Waals surface area contributed by atoms with Crippen LogP contribution in [0.2, 0.25) is 0 Å². The van der Waals surface area contributed by atoms with Gasteiger partial charge in [0.25, 0.3) is 0 Å². The van der Waals surface area contributed by atoms with Gasteiger partial charge in [0.15, 0.2) is 15.6 Å². The lowest BCUT2D eigenvalue weighted by Gasteiger charge is -2.23. The highest BCUT2D eigenvalue weighted by atomic mass is 32.2. The summed E-state index contributed by atoms with van der Waals surface area (Å²) in [6.45, 7) is 1.73. The van der Waals surface area contributed by atoms with Crippen LogP contribution >= 0.6 is 11.3 Å². The molecule has 0 radical (unpaired) electrons. The van der Waals surface area contributed by atoms with Crippen molar-refractivity contribution in [1.29, 1.82) is 0 Å². The van der Waals surface area contributed by atoms with Crippen LogP contribution < -0.4 is 5.32 Å². The molecule has 1 fully saturated rings. The molecule has 0 bridgehead atoms. The molecular weight excluding hydrogens is 298 g/mol. The highest BCUT2D eigenvalue weighted by Gasteiger charge is 2.39. The van der Waals surface area contributed by atoms with Gasteiger partial charge in [0, 0.05) is 12.8 Å². The molecular formula is C13H17NO4S2. The molecule has 20 heavy (non-hydrogen) atoms. The molecule has 1 N–H and O–H groups in total. The van der Waals surface area contributed by atoms with Crippen LogP contribution in [0.4, 0.5) is 0 Å². The highest BCUT2D eigenvalue weighted by Crippen LogP contribution is 2.23. The Morgan fingerprint density at radius 3 is 2.70 bits per heavy atom. The van der Waals surface area contributed by atoms with E-state index in [2.05, 4.69) is 5.32 Å². The van der Waals surface area contributed by atoms with Crippen molar-refractivity contribution in [3.8, 4) is 0 Å². The fourth-order valence-corrected chi connectivity index (χ4v) is 5.08. The molecule has 1 amide bonds. The summed E-state index contributed by atoms with van der Waals surface area (Å²) in [5.41, 5.74) is -0.693. The van der Waals surface area contributed by atoms with E-state index < -0.39 is 15.4 Å². The Hall–Kier alpha value is -1.21. The first-order valence-corrected chi connectivity index (χ1v) is 9.08. The third-order valence-corrected chi connectivity index (χ3v) is 6.13. The van der Waals surface area contributed by atoms with Gasteiger partial charge >= 0.3 is 0 Å². The summed E-state index contributed by atoms with van der Waals surface area (Å²) in [5, 5.41) is 4.56. The average molecular weight is 315 g/mol. The van der Waals surface area contributed by atoms with Gasteiger partial charge in [-0.3, -0.25) is 9.59 Å². The number of thiophene rings is 1. The highest BCUT2D eigenvalue weighted by molar-refractivity contribution is 7.91. The van der Waals surface area contributed by atoms with Gasteiger partial charge in [-0.15, -0.1) is 11.3 Å². The second-order valence-electron chi connectivity index (χ2n) is 5.35. The van der Waals surface area contributed by atoms with E-state index in [0.29, 0.717) is 11.3 Å². The largest absolute Gasteiger partial charge is 0.350 e. The summed E-state index contributed by atoms with van der Waals surface area (Å²) in [7, 11) is -3.05. The molecule has 5 nitrogen and oxygen atoms in total. The van der Waals surface area contributed by atoms with Crippen LogP contribution in [-0.2, 0) is 14.6 Å². The van der Waals surface area contributed by atoms with Gasteiger partial charge in [0.05, 0.1) is 21.9 Å². The van der Waals surface area contributed by atoms with E-state index in [0.717, 1.165) is 0 Å². The third-order valence-electron chi connectivity index (χ3n) is 3.32. The van der Waals surface area contributed by atoms with Crippen molar-refractivity contribution in [3.63, 3.8) is 0 Å². The first-order valence-electron chi connectivity index (χ1n) is 6.38. The molecule has 2 heterocycles. The number of rotatable bonds is 5. The van der Waals surface area contributed by atoms with E-state index in [4.69, 9.17) is 0 Å². The molecule has 0 spiro atoms. The predicted molar refractivity (Wildman–Crippen MR) is 77.7 cm³/mol. The third kappa shape index (κ3) is 3.89. The molecule has 2 rings (SSSR count). The maximum Gasteiger partial charge on any atom is 0.220 e. The zero-order chi connectivity index (χ0) is 14.8. The molecule has 1 aromatic rings. The number of sulfone groups is 1. The monoisotopic (exact) mass is 315 g/mol. The minimum atomic E-state index is -3.05. The number of hydrogen-bond donors (Lipinski definition) is 1. The van der Waals surface area contributed by atoms with Gasteiger partial charge in [-0.25, -0.2) is 8.42 Å². The first kappa shape index (κ1) is 15.2. The second kappa shape index (κ2) is 5.65. The SMILES string of the molecule is C[C@]1(NC(=O)CCC(=O)c2cccs2)CCS(=O)(=O)C1. The number of carbonyl (C=O) groups excluding carboxylic acids is 2. The van der Waals surface area contributed by atoms with E-state index in [9.17, 15) is 18.0 Å². The molecule has 0 aromatic carbocycles. The van der Waals surface area contributed by atoms with Gasteiger partial charge in [-0.1, -0.05) is 6.07 Å². The molecule has 0 saturated carbocycles. The molecule has 1 aromatic heterocycles. The van der Waals surface area contributed by atoms with Gasteiger partial charge in [-0.2, -0.15) is 0 Å². The standard InChI is InChI=1S/C13H17NO4S2/c1-13(6-8-20(17,18)9-13)14-12(16)5-4-10(15)11-3-2-7-19-11/h2-3,7H,4-6,8-9H2,1H3,(H,14,16)/t13-/m0/s1. The predicted octanol–water partition coefficient (Wildman–Crippen LogP) is 1.40. The van der Waals surface area contributed by atoms with Crippen LogP contribution in [-0.4, -0.2) is 37.2 Å². The van der Waals surface area contributed by atoms with Crippen molar-refractivity contribution in [2.75, 3.05) is 11.5 Å². The van der Waals surface area contributed by atoms with Crippen LogP contribution in [0.25, 0.3) is 0 Å². The lowest BCUT2D eigenvalue weighted by atomic mass is 10.0. The summed E-state index contributed by atoms with van der Waals surface area (Å²) in [6.07, 6.45) is 0.668. The van der Waals surface area contributed by atoms with Crippen LogP contribution in [0.15, 0.2) is 17.5 Å². The lowest BCUT2D eigenvalue weighted by Crippen LogP contribution is -2.46. The Bertz CT molecular complexity index is 606. The van der Waals surface area contributed by atoms with E-state index in [-0.39, 0.29) is 36.0 Å². The number of Topliss-reactive ketones (excluding diaryl/α,β-unsaturated/α-hetero) is 1. The van der Waals surface area contributed by atoms with Crippen LogP contribution in [0, 0.1) is 0 Å². The normalized spacial score (nSPS) is 24.4. The van der Waals surface area contributed by atoms with Gasteiger partial charge in [-0.05, 0) is 24.8 Å². The molecule has 0 aliphatic carbocycles. The van der Waals surface area contributed by atoms with E-state index in [1.807, 2.05) is 5.38 Å². The van der Waals surface area contributed by atoms with Gasteiger partial charge in [0.2, 0.25) is 5.91 Å². The number of ketones is 1. The molecule has 1 aliphatic heterocycles. The first-order chi connectivity index (χ1) is 9.30. The summed E-state index contributed by atoms with van der Waals surface area (Å²) >= 11 is 1.35. The Morgan fingerprint density at radius 1 is 1.40 bits per heavy atom. The Morgan fingerprint density at radius 2 is 2.15 bits per heavy atom. The van der Waals surface area contributed by atoms with E-state index in [1.54, 1.807) is 19.1 Å². The lowest BCUT2D eigenvalue weighted by molar-refractivity contribution is -0.122. The zero-order valence-corrected chi connectivity index (χ0v) is 12.9. The van der Waals surface area contributed by atoms with Crippen molar-refractivity contribution in [3.05, 3.63) is 22.4 Å². The second-order valence-corrected chi connectivity index (χ2v) is 8.48. The Kier molecular flexibility index (Phi) is 4.29. The van der Waals surface area contributed by atoms with Crippen LogP contribution in [0.1, 0.15) is 35.9 Å². The Labute approximate surface area is 122 Å². The van der Waals surface area contributed by atoms with Crippen molar-refractivity contribution < 1.29 is 18.0 Å². The maximum absolute atomic E-state index is 11.8. The molecule has 1 saturated heterocycles. The molecule has 1 atom stereocenters. The van der Waals surface area contributed by atoms with Crippen molar-refractivity contribution >= 4 is 32.9 Å². The van der Waals surface area contributed by atoms with Gasteiger partial charge < -0.3 is 5.32 Å². The van der Waals surface area contributed by atoms with Crippen LogP contribution in [0.3, 0.4) is 0 Å². The van der Waals surface area contributed by atoms with E-state index in [1.165, 1.54) is 11.3 Å². The van der Waals surface area contributed by atoms with E-state index >= 15 is 0 Å². The molecule has 1 aliphatic rings. The van der Waals surface area contributed by atoms with Gasteiger partial charge in [0.1, 0.15) is 0 Å². The summed E-state index contributed by atoms with van der Waals surface area (Å²) in [6, 6.07) is 3.53. The number of hydrogen-bond acceptors (Lipinski definition) is 5. The summed E-state index contributed by atoms with van der Waals surface area (Å²) in [4.78, 5) is 24.2. The van der Waals surface area contributed by atoms with Crippen molar-refractivity contribution in [1.82, 2.24) is 5.32 Å². The number of nitrogens with one attached hydrogen (secondary N) is 1. The molecule has 0 unspecified atom stereocenters. The fourth-order valence-electron chi connectivity index (χ4n) is 2.30. The summed E-state index contributed by atoms with van der Waals surface area (Å²) in [5.74, 6) is -0.239. The topological polar surface area (TPSA) is 80.3 Å². The average Bonchev–Trinajstić information content (AvgIpc) is 2.94.